The number of imidazole rings is 2. The van der Waals surface area contributed by atoms with Gasteiger partial charge in [0.25, 0.3) is 11.5 Å². The van der Waals surface area contributed by atoms with Gasteiger partial charge >= 0.3 is 0 Å². The summed E-state index contributed by atoms with van der Waals surface area (Å²) >= 11 is 0. The topological polar surface area (TPSA) is 68.8 Å². The first-order chi connectivity index (χ1) is 61.8. The zero-order valence-electron chi connectivity index (χ0n) is 87.9. The Kier molecular flexibility index (Phi) is 60.4. The summed E-state index contributed by atoms with van der Waals surface area (Å²) in [4.78, 5) is 27.4. The lowest BCUT2D eigenvalue weighted by Crippen LogP contribution is -2.36. The van der Waals surface area contributed by atoms with Crippen LogP contribution in [0.1, 0.15) is 241 Å². The quantitative estimate of drug-likeness (QED) is 0.123. The lowest BCUT2D eigenvalue weighted by molar-refractivity contribution is -0.659. The van der Waals surface area contributed by atoms with Crippen molar-refractivity contribution in [2.45, 2.75) is 274 Å². The lowest BCUT2D eigenvalue weighted by atomic mass is 10.0. The van der Waals surface area contributed by atoms with Gasteiger partial charge in [0.2, 0.25) is 0 Å². The first kappa shape index (κ1) is 118. The molecule has 0 saturated carbocycles. The zero-order chi connectivity index (χ0) is 97.3. The van der Waals surface area contributed by atoms with E-state index in [1.165, 1.54) is 118 Å². The average Bonchev–Trinajstić information content (AvgIpc) is 1.70. The van der Waals surface area contributed by atoms with Gasteiger partial charge < -0.3 is 39.2 Å². The van der Waals surface area contributed by atoms with Crippen LogP contribution in [-0.4, -0.2) is 76.7 Å². The summed E-state index contributed by atoms with van der Waals surface area (Å²) in [6, 6.07) is 74.4. The molecule has 127 heavy (non-hydrogen) atoms. The van der Waals surface area contributed by atoms with Gasteiger partial charge in [-0.15, -0.1) is 0 Å². The van der Waals surface area contributed by atoms with Crippen LogP contribution in [-0.2, 0) is 21.1 Å². The van der Waals surface area contributed by atoms with E-state index in [1.54, 1.807) is 0 Å². The van der Waals surface area contributed by atoms with Crippen LogP contribution < -0.4 is 43.4 Å². The summed E-state index contributed by atoms with van der Waals surface area (Å²) in [7, 11) is 14.7. The molecule has 4 atom stereocenters. The average molecular weight is 1730 g/mol. The molecule has 4 aliphatic rings. The number of rotatable bonds is 5. The molecular formula is C113H176N14+2. The van der Waals surface area contributed by atoms with Crippen LogP contribution in [0.15, 0.2) is 262 Å². The van der Waals surface area contributed by atoms with Gasteiger partial charge in [-0.2, -0.15) is 4.40 Å². The minimum absolute atomic E-state index is 0.288. The van der Waals surface area contributed by atoms with Crippen LogP contribution in [0.3, 0.4) is 0 Å². The number of fused-ring (bicyclic) bond motifs is 9. The van der Waals surface area contributed by atoms with Crippen molar-refractivity contribution in [2.24, 2.45) is 21.1 Å². The molecule has 4 aliphatic heterocycles. The maximum Gasteiger partial charge on any atom is 0.294 e. The van der Waals surface area contributed by atoms with Crippen molar-refractivity contribution in [3.8, 4) is 11.4 Å². The summed E-state index contributed by atoms with van der Waals surface area (Å²) < 4.78 is 8.76. The van der Waals surface area contributed by atoms with Crippen molar-refractivity contribution in [3.05, 3.63) is 295 Å². The van der Waals surface area contributed by atoms with Gasteiger partial charge in [0.15, 0.2) is 11.6 Å². The molecule has 5 aromatic heterocycles. The Labute approximate surface area is 776 Å². The highest BCUT2D eigenvalue weighted by atomic mass is 15.4. The Hall–Kier alpha value is -11.4. The molecule has 0 aliphatic carbocycles. The predicted molar refractivity (Wildman–Crippen MR) is 571 cm³/mol. The fourth-order valence-corrected chi connectivity index (χ4v) is 14.4. The Balaban J connectivity index is 0. The molecule has 0 spiro atoms. The van der Waals surface area contributed by atoms with Crippen molar-refractivity contribution >= 4 is 84.5 Å². The van der Waals surface area contributed by atoms with Gasteiger partial charge in [-0.1, -0.05) is 320 Å². The maximum atomic E-state index is 4.54. The predicted octanol–water partition coefficient (Wildman–Crippen LogP) is 31.7. The molecule has 0 amide bonds. The van der Waals surface area contributed by atoms with Crippen molar-refractivity contribution < 1.29 is 9.13 Å². The van der Waals surface area contributed by atoms with Crippen LogP contribution >= 0.6 is 0 Å². The highest BCUT2D eigenvalue weighted by Gasteiger charge is 2.35. The second-order valence-electron chi connectivity index (χ2n) is 26.9. The minimum atomic E-state index is 0.288. The monoisotopic (exact) mass is 1730 g/mol. The van der Waals surface area contributed by atoms with E-state index in [1.807, 2.05) is 205 Å². The SMILES string of the molecule is CC.CC.CC.CC.CC.CC.CC.CC.CC.CC.CC.CC.CC.Cc1cccc2c3ccccc3n3cc[n+](C)c3c12.Cc1ccccc1-c1n(C)cc[n+]1C.Cc1ccccc1N1C=CN(C)[C@@H]1C.Cc1ccccc1N1c2ccccc2N(C)[C@@H]1C.Cc1ccccc1N1c2cccnc2N(C)[C@@H]1C.Cc1ccccc1N1c2ncccc2N(C)[C@@H]1C. The molecule has 0 radical (unpaired) electrons. The summed E-state index contributed by atoms with van der Waals surface area (Å²) in [5.74, 6) is 3.33. The first-order valence-electron chi connectivity index (χ1n) is 48.1. The highest BCUT2D eigenvalue weighted by molar-refractivity contribution is 6.12. The Morgan fingerprint density at radius 3 is 1.09 bits per heavy atom. The number of benzene rings is 8. The fourth-order valence-electron chi connectivity index (χ4n) is 14.4. The third-order valence-electron chi connectivity index (χ3n) is 20.6. The Bertz CT molecular complexity index is 4820. The number of anilines is 10. The minimum Gasteiger partial charge on any atom is -0.359 e. The van der Waals surface area contributed by atoms with Crippen LogP contribution in [0.25, 0.3) is 38.7 Å². The molecular weight excluding hydrogens is 1550 g/mol. The number of nitrogens with zero attached hydrogens (tertiary/aromatic N) is 14. The Morgan fingerprint density at radius 2 is 0.638 bits per heavy atom. The van der Waals surface area contributed by atoms with Crippen LogP contribution in [0.2, 0.25) is 0 Å². The van der Waals surface area contributed by atoms with E-state index in [0.717, 1.165) is 11.6 Å². The second kappa shape index (κ2) is 65.2. The molecule has 13 aromatic rings. The molecule has 14 nitrogen and oxygen atoms in total. The largest absolute Gasteiger partial charge is 0.359 e. The normalized spacial score (nSPS) is 13.5. The van der Waals surface area contributed by atoms with Gasteiger partial charge in [-0.3, -0.25) is 0 Å². The van der Waals surface area contributed by atoms with Crippen molar-refractivity contribution in [1.29, 1.82) is 0 Å². The summed E-state index contributed by atoms with van der Waals surface area (Å²) in [6.07, 6.45) is 17.7. The summed E-state index contributed by atoms with van der Waals surface area (Å²) in [5.41, 5.74) is 21.7. The van der Waals surface area contributed by atoms with Crippen LogP contribution in [0, 0.1) is 41.5 Å². The third kappa shape index (κ3) is 29.9. The van der Waals surface area contributed by atoms with Crippen LogP contribution in [0.5, 0.6) is 0 Å². The van der Waals surface area contributed by atoms with Crippen molar-refractivity contribution in [2.75, 3.05) is 62.5 Å². The van der Waals surface area contributed by atoms with E-state index in [-0.39, 0.29) is 12.3 Å². The van der Waals surface area contributed by atoms with E-state index in [4.69, 9.17) is 0 Å². The standard InChI is InChI=1S/C17H15N2.C16H18N2.2C15H17N3.C12H15N2.C12H16N2.13C2H6/c1-12-6-5-8-14-13-7-3-4-9-15(13)19-11-10-18(2)17(19)16(12)14;1-12-8-4-5-9-14(12)18-13(2)17(3)15-10-6-7-11-16(15)18;1-11-7-4-5-8-13(11)18-12(2)17(3)15-14(18)9-6-10-16-15;1-11-7-4-5-8-13(11)18-12(2)17(3)14-9-6-10-16-15(14)18;1-10-6-4-5-7-11(10)12-13(2)8-9-14(12)3;1-10-6-4-5-7-12(10)14-9-8-13(3)11(14)2;13*1-2/h3-11H,1-2H3;4-11,13H,1-3H3;2*4-10,12H,1-3H3;4-9H,1-3H3;4-9,11H,1-3H3;13*1-2H3/q+1;;;;+1;;;;;;;;;;;;;;/t;13-;2*12-;;11-;;;;;;;;;;;;;/m.000.0............./s1. The molecule has 8 aromatic carbocycles. The number of hydrogen-bond acceptors (Lipinski definition) is 10. The molecule has 696 valence electrons. The van der Waals surface area contributed by atoms with E-state index in [0.29, 0.717) is 12.3 Å². The van der Waals surface area contributed by atoms with E-state index in [2.05, 4.69) is 423 Å². The number of pyridine rings is 3. The van der Waals surface area contributed by atoms with E-state index in [9.17, 15) is 0 Å². The highest BCUT2D eigenvalue weighted by Crippen LogP contribution is 2.46. The molecule has 0 unspecified atom stereocenters. The maximum absolute atomic E-state index is 4.54. The summed E-state index contributed by atoms with van der Waals surface area (Å²) in [6.45, 7) is 73.8. The molecule has 0 fully saturated rings. The van der Waals surface area contributed by atoms with E-state index < -0.39 is 0 Å². The number of para-hydroxylation sites is 7. The van der Waals surface area contributed by atoms with Gasteiger partial charge in [0, 0.05) is 86.5 Å². The van der Waals surface area contributed by atoms with Gasteiger partial charge in [0.1, 0.15) is 55.0 Å². The van der Waals surface area contributed by atoms with Crippen molar-refractivity contribution in [1.82, 2.24) is 23.8 Å². The molecule has 0 saturated heterocycles. The molecule has 9 heterocycles. The van der Waals surface area contributed by atoms with E-state index >= 15 is 0 Å². The van der Waals surface area contributed by atoms with Gasteiger partial charge in [-0.05, 0) is 175 Å². The number of aryl methyl sites for hydroxylation is 9. The molecule has 17 rings (SSSR count). The second-order valence-corrected chi connectivity index (χ2v) is 26.9. The lowest BCUT2D eigenvalue weighted by Gasteiger charge is -2.28. The fraction of sp³-hybridized carbons (Fsp3) is 0.416. The zero-order valence-corrected chi connectivity index (χ0v) is 87.9. The Morgan fingerprint density at radius 1 is 0.283 bits per heavy atom. The van der Waals surface area contributed by atoms with Gasteiger partial charge in [-0.25, -0.2) is 23.7 Å². The third-order valence-corrected chi connectivity index (χ3v) is 20.6. The molecule has 14 heteroatoms. The van der Waals surface area contributed by atoms with Crippen molar-refractivity contribution in [3.63, 3.8) is 0 Å². The number of aromatic nitrogens is 6. The summed E-state index contributed by atoms with van der Waals surface area (Å²) in [5, 5.41) is 3.98. The smallest absolute Gasteiger partial charge is 0.294 e. The first-order valence-corrected chi connectivity index (χ1v) is 48.1. The number of hydrogen-bond donors (Lipinski definition) is 0. The van der Waals surface area contributed by atoms with Crippen LogP contribution in [0.4, 0.5) is 57.1 Å². The van der Waals surface area contributed by atoms with Gasteiger partial charge in [0.05, 0.1) is 54.8 Å². The molecule has 0 N–H and O–H groups in total. The molecule has 0 bridgehead atoms.